The van der Waals surface area contributed by atoms with Crippen LogP contribution in [-0.4, -0.2) is 32.5 Å². The molecular weight excluding hydrogens is 242 g/mol. The van der Waals surface area contributed by atoms with Crippen molar-refractivity contribution in [3.63, 3.8) is 0 Å². The van der Waals surface area contributed by atoms with Gasteiger partial charge in [-0.3, -0.25) is 9.25 Å². The summed E-state index contributed by atoms with van der Waals surface area (Å²) in [4.78, 5) is 4.53. The third-order valence-corrected chi connectivity index (χ3v) is 3.75. The molecule has 1 saturated heterocycles. The van der Waals surface area contributed by atoms with Gasteiger partial charge in [0.05, 0.1) is 18.3 Å². The first-order valence-electron chi connectivity index (χ1n) is 6.99. The molecule has 1 aliphatic rings. The Labute approximate surface area is 112 Å². The van der Waals surface area contributed by atoms with Crippen molar-refractivity contribution < 1.29 is 4.74 Å². The highest BCUT2D eigenvalue weighted by Crippen LogP contribution is 2.29. The Morgan fingerprint density at radius 1 is 1.47 bits per heavy atom. The quantitative estimate of drug-likeness (QED) is 0.914. The molecule has 1 atom stereocenters. The summed E-state index contributed by atoms with van der Waals surface area (Å²) in [6, 6.07) is 0.281. The lowest BCUT2D eigenvalue weighted by Gasteiger charge is -2.24. The molecule has 6 heteroatoms. The number of imidazole rings is 1. The molecule has 2 aromatic rings. The standard InChI is InChI=1S/C13H21N5O/c1-3-5-10-11-12(17(2)16-10)18(13(14)15-11)9-6-4-7-19-8-9/h9H,3-8H2,1-2H3,(H2,14,15). The van der Waals surface area contributed by atoms with Crippen LogP contribution in [0.1, 0.15) is 37.9 Å². The molecule has 2 N–H and O–H groups in total. The van der Waals surface area contributed by atoms with Crippen LogP contribution >= 0.6 is 0 Å². The minimum absolute atomic E-state index is 0.281. The van der Waals surface area contributed by atoms with Crippen molar-refractivity contribution in [3.05, 3.63) is 5.69 Å². The zero-order valence-electron chi connectivity index (χ0n) is 11.6. The van der Waals surface area contributed by atoms with Crippen molar-refractivity contribution in [2.24, 2.45) is 7.05 Å². The van der Waals surface area contributed by atoms with Crippen LogP contribution in [0.5, 0.6) is 0 Å². The molecule has 1 aliphatic heterocycles. The Bertz CT molecular complexity index is 579. The number of ether oxygens (including phenoxy) is 1. The maximum Gasteiger partial charge on any atom is 0.202 e. The van der Waals surface area contributed by atoms with Crippen LogP contribution in [0.25, 0.3) is 11.2 Å². The van der Waals surface area contributed by atoms with Crippen LogP contribution in [0, 0.1) is 0 Å². The predicted molar refractivity (Wildman–Crippen MR) is 74.0 cm³/mol. The van der Waals surface area contributed by atoms with Gasteiger partial charge < -0.3 is 10.5 Å². The average Bonchev–Trinajstić information content (AvgIpc) is 2.89. The molecule has 3 rings (SSSR count). The second-order valence-electron chi connectivity index (χ2n) is 5.20. The number of aromatic nitrogens is 4. The van der Waals surface area contributed by atoms with Gasteiger partial charge in [-0.2, -0.15) is 5.10 Å². The first-order chi connectivity index (χ1) is 9.22. The van der Waals surface area contributed by atoms with Gasteiger partial charge in [-0.05, 0) is 19.3 Å². The smallest absolute Gasteiger partial charge is 0.202 e. The lowest BCUT2D eigenvalue weighted by atomic mass is 10.1. The fourth-order valence-corrected chi connectivity index (χ4v) is 2.91. The van der Waals surface area contributed by atoms with Crippen molar-refractivity contribution >= 4 is 17.1 Å². The first kappa shape index (κ1) is 12.5. The summed E-state index contributed by atoms with van der Waals surface area (Å²) in [7, 11) is 1.96. The fraction of sp³-hybridized carbons (Fsp3) is 0.692. The number of fused-ring (bicyclic) bond motifs is 1. The molecule has 0 spiro atoms. The number of anilines is 1. The van der Waals surface area contributed by atoms with E-state index in [1.165, 1.54) is 0 Å². The lowest BCUT2D eigenvalue weighted by molar-refractivity contribution is 0.0608. The maximum atomic E-state index is 6.12. The number of rotatable bonds is 3. The van der Waals surface area contributed by atoms with E-state index in [4.69, 9.17) is 10.5 Å². The summed E-state index contributed by atoms with van der Waals surface area (Å²) >= 11 is 0. The largest absolute Gasteiger partial charge is 0.379 e. The number of aryl methyl sites for hydroxylation is 2. The molecule has 1 unspecified atom stereocenters. The first-order valence-corrected chi connectivity index (χ1v) is 6.99. The second-order valence-corrected chi connectivity index (χ2v) is 5.20. The van der Waals surface area contributed by atoms with Gasteiger partial charge >= 0.3 is 0 Å². The topological polar surface area (TPSA) is 70.9 Å². The van der Waals surface area contributed by atoms with Gasteiger partial charge in [-0.25, -0.2) is 4.98 Å². The van der Waals surface area contributed by atoms with E-state index >= 15 is 0 Å². The summed E-state index contributed by atoms with van der Waals surface area (Å²) in [5, 5.41) is 4.57. The molecule has 2 aromatic heterocycles. The van der Waals surface area contributed by atoms with Gasteiger partial charge in [0, 0.05) is 13.7 Å². The van der Waals surface area contributed by atoms with Crippen LogP contribution in [-0.2, 0) is 18.2 Å². The number of nitrogens with two attached hydrogens (primary N) is 1. The van der Waals surface area contributed by atoms with Gasteiger partial charge in [0.15, 0.2) is 5.65 Å². The van der Waals surface area contributed by atoms with Crippen molar-refractivity contribution in [3.8, 4) is 0 Å². The van der Waals surface area contributed by atoms with Gasteiger partial charge in [-0.15, -0.1) is 0 Å². The summed E-state index contributed by atoms with van der Waals surface area (Å²) < 4.78 is 9.57. The third kappa shape index (κ3) is 2.00. The molecule has 0 bridgehead atoms. The Balaban J connectivity index is 2.10. The molecule has 19 heavy (non-hydrogen) atoms. The molecule has 1 fully saturated rings. The summed E-state index contributed by atoms with van der Waals surface area (Å²) in [6.07, 6.45) is 4.16. The van der Waals surface area contributed by atoms with E-state index in [2.05, 4.69) is 21.6 Å². The molecular formula is C13H21N5O. The van der Waals surface area contributed by atoms with Gasteiger partial charge in [-0.1, -0.05) is 13.3 Å². The molecule has 104 valence electrons. The summed E-state index contributed by atoms with van der Waals surface area (Å²) in [6.45, 7) is 3.71. The highest BCUT2D eigenvalue weighted by atomic mass is 16.5. The van der Waals surface area contributed by atoms with Crippen molar-refractivity contribution in [1.82, 2.24) is 19.3 Å². The average molecular weight is 263 g/mol. The number of nitrogen functional groups attached to an aromatic ring is 1. The molecule has 0 aromatic carbocycles. The third-order valence-electron chi connectivity index (χ3n) is 3.75. The zero-order chi connectivity index (χ0) is 13.4. The SMILES string of the molecule is CCCc1nn(C)c2c1nc(N)n2C1CCCOC1. The zero-order valence-corrected chi connectivity index (χ0v) is 11.6. The molecule has 6 nitrogen and oxygen atoms in total. The lowest BCUT2D eigenvalue weighted by Crippen LogP contribution is -2.23. The number of hydrogen-bond acceptors (Lipinski definition) is 4. The van der Waals surface area contributed by atoms with Crippen LogP contribution in [0.4, 0.5) is 5.95 Å². The Hall–Kier alpha value is -1.56. The Morgan fingerprint density at radius 3 is 3.00 bits per heavy atom. The van der Waals surface area contributed by atoms with Crippen molar-refractivity contribution in [2.45, 2.75) is 38.6 Å². The summed E-state index contributed by atoms with van der Waals surface area (Å²) in [5.74, 6) is 0.579. The molecule has 0 radical (unpaired) electrons. The van der Waals surface area contributed by atoms with Crippen LogP contribution in [0.15, 0.2) is 0 Å². The molecule has 0 saturated carbocycles. The minimum Gasteiger partial charge on any atom is -0.379 e. The van der Waals surface area contributed by atoms with Gasteiger partial charge in [0.2, 0.25) is 5.95 Å². The Kier molecular flexibility index (Phi) is 3.18. The predicted octanol–water partition coefficient (Wildman–Crippen LogP) is 1.66. The molecule has 0 aliphatic carbocycles. The van der Waals surface area contributed by atoms with Crippen LogP contribution in [0.2, 0.25) is 0 Å². The van der Waals surface area contributed by atoms with Crippen LogP contribution < -0.4 is 5.73 Å². The number of hydrogen-bond donors (Lipinski definition) is 1. The van der Waals surface area contributed by atoms with E-state index < -0.39 is 0 Å². The fourth-order valence-electron chi connectivity index (χ4n) is 2.91. The highest BCUT2D eigenvalue weighted by molar-refractivity contribution is 5.78. The number of nitrogens with zero attached hydrogens (tertiary/aromatic N) is 4. The normalized spacial score (nSPS) is 20.2. The summed E-state index contributed by atoms with van der Waals surface area (Å²) in [5.41, 5.74) is 9.14. The van der Waals surface area contributed by atoms with E-state index in [0.717, 1.165) is 49.1 Å². The van der Waals surface area contributed by atoms with E-state index in [1.54, 1.807) is 0 Å². The molecule has 0 amide bonds. The van der Waals surface area contributed by atoms with E-state index in [9.17, 15) is 0 Å². The second kappa shape index (κ2) is 4.85. The van der Waals surface area contributed by atoms with E-state index in [0.29, 0.717) is 12.6 Å². The monoisotopic (exact) mass is 263 g/mol. The van der Waals surface area contributed by atoms with E-state index in [-0.39, 0.29) is 6.04 Å². The Morgan fingerprint density at radius 2 is 2.32 bits per heavy atom. The maximum absolute atomic E-state index is 6.12. The van der Waals surface area contributed by atoms with Crippen LogP contribution in [0.3, 0.4) is 0 Å². The minimum atomic E-state index is 0.281. The van der Waals surface area contributed by atoms with Gasteiger partial charge in [0.1, 0.15) is 5.52 Å². The molecule has 3 heterocycles. The van der Waals surface area contributed by atoms with Crippen molar-refractivity contribution in [1.29, 1.82) is 0 Å². The highest BCUT2D eigenvalue weighted by Gasteiger charge is 2.24. The van der Waals surface area contributed by atoms with Gasteiger partial charge in [0.25, 0.3) is 0 Å². The van der Waals surface area contributed by atoms with E-state index in [1.807, 2.05) is 11.7 Å². The van der Waals surface area contributed by atoms with Crippen molar-refractivity contribution in [2.75, 3.05) is 18.9 Å².